The number of hydrogen-bond donors (Lipinski definition) is 1. The number of nitrogens with zero attached hydrogens (tertiary/aromatic N) is 2. The van der Waals surface area contributed by atoms with Gasteiger partial charge < -0.3 is 10.2 Å². The van der Waals surface area contributed by atoms with Crippen LogP contribution in [0.1, 0.15) is 31.9 Å². The van der Waals surface area contributed by atoms with Gasteiger partial charge in [0.05, 0.1) is 11.9 Å². The molecule has 9 heteroatoms. The smallest absolute Gasteiger partial charge is 0.244 e. The lowest BCUT2D eigenvalue weighted by atomic mass is 10.1. The molecule has 0 saturated heterocycles. The van der Waals surface area contributed by atoms with E-state index in [1.54, 1.807) is 6.92 Å². The van der Waals surface area contributed by atoms with E-state index < -0.39 is 34.3 Å². The summed E-state index contributed by atoms with van der Waals surface area (Å²) < 4.78 is 39.0. The van der Waals surface area contributed by atoms with E-state index in [1.807, 2.05) is 45.0 Å². The minimum Gasteiger partial charge on any atom is -0.352 e. The Hall–Kier alpha value is -2.94. The summed E-state index contributed by atoms with van der Waals surface area (Å²) in [6.07, 6.45) is 0.975. The van der Waals surface area contributed by atoms with Crippen LogP contribution in [-0.2, 0) is 26.2 Å². The number of benzene rings is 2. The summed E-state index contributed by atoms with van der Waals surface area (Å²) >= 11 is 0. The molecule has 0 fully saturated rings. The largest absolute Gasteiger partial charge is 0.352 e. The Morgan fingerprint density at radius 2 is 1.56 bits per heavy atom. The third-order valence-corrected chi connectivity index (χ3v) is 6.01. The van der Waals surface area contributed by atoms with Crippen molar-refractivity contribution in [3.63, 3.8) is 0 Å². The fourth-order valence-electron chi connectivity index (χ4n) is 3.10. The van der Waals surface area contributed by atoms with E-state index in [0.29, 0.717) is 0 Å². The van der Waals surface area contributed by atoms with Crippen molar-refractivity contribution in [2.75, 3.05) is 17.1 Å². The van der Waals surface area contributed by atoms with Crippen LogP contribution in [0.2, 0.25) is 0 Å². The van der Waals surface area contributed by atoms with Gasteiger partial charge in [-0.1, -0.05) is 29.8 Å². The van der Waals surface area contributed by atoms with Crippen molar-refractivity contribution in [1.29, 1.82) is 0 Å². The van der Waals surface area contributed by atoms with E-state index >= 15 is 0 Å². The maximum Gasteiger partial charge on any atom is 0.244 e. The molecule has 0 aliphatic carbocycles. The molecule has 0 spiro atoms. The SMILES string of the molecule is Cc1ccc(CN(C(=O)CN(c2ccc(F)cc2)S(C)(=O)=O)[C@H](C)C(=O)NC(C)C)cc1. The average Bonchev–Trinajstić information content (AvgIpc) is 2.70. The van der Waals surface area contributed by atoms with Gasteiger partial charge in [-0.25, -0.2) is 12.8 Å². The topological polar surface area (TPSA) is 86.8 Å². The van der Waals surface area contributed by atoms with E-state index in [9.17, 15) is 22.4 Å². The summed E-state index contributed by atoms with van der Waals surface area (Å²) in [5.74, 6) is -1.41. The summed E-state index contributed by atoms with van der Waals surface area (Å²) in [6, 6.07) is 11.4. The van der Waals surface area contributed by atoms with Crippen molar-refractivity contribution in [1.82, 2.24) is 10.2 Å². The molecular weight excluding hydrogens is 433 g/mol. The lowest BCUT2D eigenvalue weighted by Crippen LogP contribution is -2.52. The van der Waals surface area contributed by atoms with Crippen LogP contribution >= 0.6 is 0 Å². The number of hydrogen-bond acceptors (Lipinski definition) is 4. The first-order valence-corrected chi connectivity index (χ1v) is 12.1. The molecule has 1 N–H and O–H groups in total. The molecule has 0 unspecified atom stereocenters. The normalized spacial score (nSPS) is 12.3. The second kappa shape index (κ2) is 10.6. The molecule has 0 saturated carbocycles. The summed E-state index contributed by atoms with van der Waals surface area (Å²) in [7, 11) is -3.84. The number of aryl methyl sites for hydroxylation is 1. The predicted molar refractivity (Wildman–Crippen MR) is 123 cm³/mol. The van der Waals surface area contributed by atoms with E-state index in [2.05, 4.69) is 5.32 Å². The molecule has 0 heterocycles. The molecule has 0 bridgehead atoms. The van der Waals surface area contributed by atoms with Crippen LogP contribution in [0.5, 0.6) is 0 Å². The number of carbonyl (C=O) groups is 2. The van der Waals surface area contributed by atoms with Gasteiger partial charge in [0.1, 0.15) is 18.4 Å². The highest BCUT2D eigenvalue weighted by Gasteiger charge is 2.30. The van der Waals surface area contributed by atoms with Gasteiger partial charge in [-0.05, 0) is 57.5 Å². The molecule has 7 nitrogen and oxygen atoms in total. The molecule has 0 aliphatic rings. The monoisotopic (exact) mass is 463 g/mol. The molecule has 0 radical (unpaired) electrons. The van der Waals surface area contributed by atoms with Crippen LogP contribution in [0.3, 0.4) is 0 Å². The van der Waals surface area contributed by atoms with Crippen molar-refractivity contribution in [2.45, 2.75) is 46.3 Å². The Balaban J connectivity index is 2.36. The number of nitrogens with one attached hydrogen (secondary N) is 1. The molecule has 32 heavy (non-hydrogen) atoms. The van der Waals surface area contributed by atoms with Gasteiger partial charge in [0.25, 0.3) is 0 Å². The maximum atomic E-state index is 13.3. The van der Waals surface area contributed by atoms with E-state index in [0.717, 1.165) is 33.8 Å². The first kappa shape index (κ1) is 25.3. The summed E-state index contributed by atoms with van der Waals surface area (Å²) in [4.78, 5) is 27.3. The molecule has 1 atom stereocenters. The highest BCUT2D eigenvalue weighted by atomic mass is 32.2. The van der Waals surface area contributed by atoms with Crippen LogP contribution < -0.4 is 9.62 Å². The Labute approximate surface area is 189 Å². The second-order valence-corrected chi connectivity index (χ2v) is 10.00. The molecule has 2 amide bonds. The van der Waals surface area contributed by atoms with Gasteiger partial charge in [0, 0.05) is 12.6 Å². The third kappa shape index (κ3) is 7.05. The molecular formula is C23H30FN3O4S. The standard InChI is InChI=1S/C23H30FN3O4S/c1-16(2)25-23(29)18(4)26(14-19-8-6-17(3)7-9-19)22(28)15-27(32(5,30)31)21-12-10-20(24)11-13-21/h6-13,16,18H,14-15H2,1-5H3,(H,25,29)/t18-/m1/s1. The number of halogens is 1. The quantitative estimate of drug-likeness (QED) is 0.620. The number of anilines is 1. The number of amides is 2. The number of carbonyl (C=O) groups excluding carboxylic acids is 2. The van der Waals surface area contributed by atoms with E-state index in [1.165, 1.54) is 17.0 Å². The molecule has 2 rings (SSSR count). The molecule has 2 aromatic rings. The first-order valence-electron chi connectivity index (χ1n) is 10.3. The van der Waals surface area contributed by atoms with E-state index in [-0.39, 0.29) is 24.2 Å². The molecule has 174 valence electrons. The summed E-state index contributed by atoms with van der Waals surface area (Å²) in [5.41, 5.74) is 2.02. The highest BCUT2D eigenvalue weighted by Crippen LogP contribution is 2.19. The van der Waals surface area contributed by atoms with Gasteiger partial charge in [-0.2, -0.15) is 0 Å². The molecule has 0 aliphatic heterocycles. The second-order valence-electron chi connectivity index (χ2n) is 8.09. The number of sulfonamides is 1. The van der Waals surface area contributed by atoms with Crippen molar-refractivity contribution in [2.24, 2.45) is 0 Å². The van der Waals surface area contributed by atoms with E-state index in [4.69, 9.17) is 0 Å². The number of rotatable bonds is 9. The fourth-order valence-corrected chi connectivity index (χ4v) is 3.95. The van der Waals surface area contributed by atoms with Gasteiger partial charge >= 0.3 is 0 Å². The van der Waals surface area contributed by atoms with Gasteiger partial charge in [-0.15, -0.1) is 0 Å². The third-order valence-electron chi connectivity index (χ3n) is 4.87. The molecule has 2 aromatic carbocycles. The van der Waals surface area contributed by atoms with Crippen LogP contribution in [0.4, 0.5) is 10.1 Å². The van der Waals surface area contributed by atoms with Crippen molar-refractivity contribution in [3.8, 4) is 0 Å². The van der Waals surface area contributed by atoms with Crippen molar-refractivity contribution < 1.29 is 22.4 Å². The van der Waals surface area contributed by atoms with Crippen LogP contribution in [-0.4, -0.2) is 50.0 Å². The zero-order chi connectivity index (χ0) is 24.1. The lowest BCUT2D eigenvalue weighted by Gasteiger charge is -2.32. The highest BCUT2D eigenvalue weighted by molar-refractivity contribution is 7.92. The van der Waals surface area contributed by atoms with Crippen molar-refractivity contribution >= 4 is 27.5 Å². The summed E-state index contributed by atoms with van der Waals surface area (Å²) in [6.45, 7) is 6.79. The zero-order valence-corrected chi connectivity index (χ0v) is 19.8. The lowest BCUT2D eigenvalue weighted by molar-refractivity contribution is -0.139. The Bertz CT molecular complexity index is 1040. The maximum absolute atomic E-state index is 13.3. The fraction of sp³-hybridized carbons (Fsp3) is 0.391. The minimum absolute atomic E-state index is 0.118. The van der Waals surface area contributed by atoms with Gasteiger partial charge in [0.2, 0.25) is 21.8 Å². The minimum atomic E-state index is -3.84. The van der Waals surface area contributed by atoms with Gasteiger partial charge in [-0.3, -0.25) is 13.9 Å². The first-order chi connectivity index (χ1) is 14.9. The van der Waals surface area contributed by atoms with Crippen LogP contribution in [0, 0.1) is 12.7 Å². The summed E-state index contributed by atoms with van der Waals surface area (Å²) in [5, 5.41) is 2.79. The predicted octanol–water partition coefficient (Wildman–Crippen LogP) is 2.84. The Morgan fingerprint density at radius 3 is 2.06 bits per heavy atom. The Morgan fingerprint density at radius 1 is 1.00 bits per heavy atom. The zero-order valence-electron chi connectivity index (χ0n) is 19.0. The van der Waals surface area contributed by atoms with Crippen molar-refractivity contribution in [3.05, 3.63) is 65.5 Å². The van der Waals surface area contributed by atoms with Crippen LogP contribution in [0.25, 0.3) is 0 Å². The van der Waals surface area contributed by atoms with Gasteiger partial charge in [0.15, 0.2) is 0 Å². The van der Waals surface area contributed by atoms with Crippen LogP contribution in [0.15, 0.2) is 48.5 Å². The average molecular weight is 464 g/mol. The molecule has 0 aromatic heterocycles. The Kier molecular flexibility index (Phi) is 8.38.